The molecule has 2 bridgehead atoms. The Balaban J connectivity index is 1.58. The molecule has 0 radical (unpaired) electrons. The summed E-state index contributed by atoms with van der Waals surface area (Å²) in [5, 5.41) is 11.4. The first-order valence-electron chi connectivity index (χ1n) is 9.10. The zero-order valence-electron chi connectivity index (χ0n) is 14.4. The van der Waals surface area contributed by atoms with Crippen molar-refractivity contribution in [1.29, 1.82) is 0 Å². The molecule has 0 saturated carbocycles. The lowest BCUT2D eigenvalue weighted by Gasteiger charge is -2.52. The molecule has 2 saturated heterocycles. The van der Waals surface area contributed by atoms with Gasteiger partial charge in [0.05, 0.1) is 5.69 Å². The van der Waals surface area contributed by atoms with E-state index in [4.69, 9.17) is 0 Å². The summed E-state index contributed by atoms with van der Waals surface area (Å²) in [5.74, 6) is 0. The summed E-state index contributed by atoms with van der Waals surface area (Å²) in [7, 11) is 0. The van der Waals surface area contributed by atoms with Crippen molar-refractivity contribution in [2.45, 2.75) is 63.3 Å². The van der Waals surface area contributed by atoms with Crippen molar-refractivity contribution >= 4 is 0 Å². The number of pyridine rings is 1. The molecule has 2 fully saturated rings. The van der Waals surface area contributed by atoms with Gasteiger partial charge in [0.25, 0.3) is 0 Å². The van der Waals surface area contributed by atoms with Gasteiger partial charge in [0, 0.05) is 24.3 Å². The first-order chi connectivity index (χ1) is 11.6. The van der Waals surface area contributed by atoms with E-state index in [1.165, 1.54) is 24.8 Å². The molecule has 2 aliphatic heterocycles. The van der Waals surface area contributed by atoms with Gasteiger partial charge in [0.15, 0.2) is 0 Å². The Labute approximate surface area is 144 Å². The fraction of sp³-hybridized carbons (Fsp3) is 0.476. The molecule has 24 heavy (non-hydrogen) atoms. The highest BCUT2D eigenvalue weighted by Gasteiger charge is 2.46. The zero-order chi connectivity index (χ0) is 16.6. The zero-order valence-corrected chi connectivity index (χ0v) is 14.4. The standard InChI is InChI=1S/C21H26N2O/c1-16-7-5-12-20(22-16)21(24)13-18-10-6-11-19(14-21)23(18)15-17-8-3-2-4-9-17/h2-5,7-9,12,18-19,24H,6,10-11,13-15H2,1H3. The van der Waals surface area contributed by atoms with Crippen molar-refractivity contribution in [2.24, 2.45) is 0 Å². The van der Waals surface area contributed by atoms with E-state index in [1.807, 2.05) is 25.1 Å². The number of hydrogen-bond acceptors (Lipinski definition) is 3. The van der Waals surface area contributed by atoms with E-state index >= 15 is 0 Å². The van der Waals surface area contributed by atoms with E-state index in [0.29, 0.717) is 12.1 Å². The van der Waals surface area contributed by atoms with Gasteiger partial charge in [-0.15, -0.1) is 0 Å². The summed E-state index contributed by atoms with van der Waals surface area (Å²) in [6.45, 7) is 2.99. The maximum absolute atomic E-state index is 11.4. The lowest BCUT2D eigenvalue weighted by atomic mass is 9.73. The average molecular weight is 322 g/mol. The van der Waals surface area contributed by atoms with Crippen LogP contribution in [0.2, 0.25) is 0 Å². The summed E-state index contributed by atoms with van der Waals surface area (Å²) >= 11 is 0. The number of aliphatic hydroxyl groups is 1. The van der Waals surface area contributed by atoms with E-state index in [9.17, 15) is 5.11 Å². The van der Waals surface area contributed by atoms with Crippen molar-refractivity contribution in [2.75, 3.05) is 0 Å². The predicted molar refractivity (Wildman–Crippen MR) is 95.5 cm³/mol. The van der Waals surface area contributed by atoms with Gasteiger partial charge in [0.2, 0.25) is 0 Å². The molecule has 0 aliphatic carbocycles. The van der Waals surface area contributed by atoms with E-state index in [1.54, 1.807) is 0 Å². The molecule has 4 rings (SSSR count). The van der Waals surface area contributed by atoms with Crippen LogP contribution < -0.4 is 0 Å². The van der Waals surface area contributed by atoms with Gasteiger partial charge >= 0.3 is 0 Å². The Bertz CT molecular complexity index is 686. The van der Waals surface area contributed by atoms with Crippen molar-refractivity contribution in [3.63, 3.8) is 0 Å². The molecule has 2 aromatic rings. The minimum atomic E-state index is -0.769. The van der Waals surface area contributed by atoms with Crippen LogP contribution in [0.15, 0.2) is 48.5 Å². The van der Waals surface area contributed by atoms with Crippen molar-refractivity contribution in [1.82, 2.24) is 9.88 Å². The Morgan fingerprint density at radius 2 is 1.75 bits per heavy atom. The number of fused-ring (bicyclic) bond motifs is 2. The summed E-state index contributed by atoms with van der Waals surface area (Å²) in [6, 6.07) is 17.6. The van der Waals surface area contributed by atoms with Crippen LogP contribution in [0.5, 0.6) is 0 Å². The molecule has 2 aliphatic rings. The van der Waals surface area contributed by atoms with Crippen LogP contribution in [0.3, 0.4) is 0 Å². The number of aryl methyl sites for hydroxylation is 1. The first kappa shape index (κ1) is 15.8. The molecule has 0 amide bonds. The second kappa shape index (κ2) is 6.30. The molecule has 1 N–H and O–H groups in total. The normalized spacial score (nSPS) is 30.2. The minimum absolute atomic E-state index is 0.449. The van der Waals surface area contributed by atoms with Crippen LogP contribution in [-0.2, 0) is 12.1 Å². The van der Waals surface area contributed by atoms with Crippen LogP contribution in [0.4, 0.5) is 0 Å². The van der Waals surface area contributed by atoms with Gasteiger partial charge in [-0.2, -0.15) is 0 Å². The van der Waals surface area contributed by atoms with Crippen molar-refractivity contribution < 1.29 is 5.11 Å². The highest BCUT2D eigenvalue weighted by atomic mass is 16.3. The summed E-state index contributed by atoms with van der Waals surface area (Å²) < 4.78 is 0. The molecule has 1 aromatic heterocycles. The van der Waals surface area contributed by atoms with E-state index in [2.05, 4.69) is 40.2 Å². The number of rotatable bonds is 3. The van der Waals surface area contributed by atoms with Crippen LogP contribution >= 0.6 is 0 Å². The van der Waals surface area contributed by atoms with Crippen LogP contribution in [0, 0.1) is 6.92 Å². The van der Waals surface area contributed by atoms with Gasteiger partial charge in [-0.25, -0.2) is 0 Å². The Morgan fingerprint density at radius 1 is 1.04 bits per heavy atom. The lowest BCUT2D eigenvalue weighted by Crippen LogP contribution is -2.56. The number of piperidine rings is 2. The maximum atomic E-state index is 11.4. The van der Waals surface area contributed by atoms with Gasteiger partial charge < -0.3 is 5.11 Å². The third-order valence-electron chi connectivity index (χ3n) is 5.73. The van der Waals surface area contributed by atoms with E-state index < -0.39 is 5.60 Å². The van der Waals surface area contributed by atoms with E-state index in [0.717, 1.165) is 30.8 Å². The highest BCUT2D eigenvalue weighted by Crippen LogP contribution is 2.44. The van der Waals surface area contributed by atoms with Crippen LogP contribution in [-0.4, -0.2) is 27.1 Å². The van der Waals surface area contributed by atoms with Gasteiger partial charge in [-0.05, 0) is 50.3 Å². The maximum Gasteiger partial charge on any atom is 0.109 e. The second-order valence-electron chi connectivity index (χ2n) is 7.50. The summed E-state index contributed by atoms with van der Waals surface area (Å²) in [5.41, 5.74) is 2.44. The lowest BCUT2D eigenvalue weighted by molar-refractivity contribution is -0.102. The molecule has 3 nitrogen and oxygen atoms in total. The monoisotopic (exact) mass is 322 g/mol. The fourth-order valence-corrected chi connectivity index (χ4v) is 4.58. The molecule has 126 valence electrons. The number of hydrogen-bond donors (Lipinski definition) is 1. The molecule has 2 atom stereocenters. The molecule has 0 spiro atoms. The predicted octanol–water partition coefficient (Wildman–Crippen LogP) is 3.79. The fourth-order valence-electron chi connectivity index (χ4n) is 4.58. The average Bonchev–Trinajstić information content (AvgIpc) is 2.57. The number of benzene rings is 1. The van der Waals surface area contributed by atoms with E-state index in [-0.39, 0.29) is 0 Å². The molecule has 1 aromatic carbocycles. The topological polar surface area (TPSA) is 36.4 Å². The van der Waals surface area contributed by atoms with Gasteiger partial charge in [-0.1, -0.05) is 42.8 Å². The van der Waals surface area contributed by atoms with Crippen LogP contribution in [0.25, 0.3) is 0 Å². The van der Waals surface area contributed by atoms with Gasteiger partial charge in [0.1, 0.15) is 5.60 Å². The summed E-state index contributed by atoms with van der Waals surface area (Å²) in [4.78, 5) is 7.26. The minimum Gasteiger partial charge on any atom is -0.383 e. The molecular weight excluding hydrogens is 296 g/mol. The smallest absolute Gasteiger partial charge is 0.109 e. The first-order valence-corrected chi connectivity index (χ1v) is 9.10. The summed E-state index contributed by atoms with van der Waals surface area (Å²) in [6.07, 6.45) is 5.23. The Kier molecular flexibility index (Phi) is 4.15. The molecular formula is C21H26N2O. The quantitative estimate of drug-likeness (QED) is 0.934. The van der Waals surface area contributed by atoms with Crippen LogP contribution in [0.1, 0.15) is 49.1 Å². The number of nitrogens with zero attached hydrogens (tertiary/aromatic N) is 2. The number of aromatic nitrogens is 1. The molecule has 2 unspecified atom stereocenters. The Morgan fingerprint density at radius 3 is 2.42 bits per heavy atom. The SMILES string of the molecule is Cc1cccc(C2(O)CC3CCCC(C2)N3Cc2ccccc2)n1. The third-order valence-corrected chi connectivity index (χ3v) is 5.73. The van der Waals surface area contributed by atoms with Crippen molar-refractivity contribution in [3.05, 3.63) is 65.5 Å². The molecule has 3 heterocycles. The Hall–Kier alpha value is -1.71. The third kappa shape index (κ3) is 2.99. The molecule has 3 heteroatoms. The van der Waals surface area contributed by atoms with Gasteiger partial charge in [-0.3, -0.25) is 9.88 Å². The highest BCUT2D eigenvalue weighted by molar-refractivity contribution is 5.21. The largest absolute Gasteiger partial charge is 0.383 e. The van der Waals surface area contributed by atoms with Crippen molar-refractivity contribution in [3.8, 4) is 0 Å². The second-order valence-corrected chi connectivity index (χ2v) is 7.50.